The van der Waals surface area contributed by atoms with Crippen molar-refractivity contribution in [3.63, 3.8) is 0 Å². The minimum absolute atomic E-state index is 1.28. The van der Waals surface area contributed by atoms with E-state index in [9.17, 15) is 0 Å². The molecule has 0 atom stereocenters. The highest BCUT2D eigenvalue weighted by molar-refractivity contribution is 8.13. The quantitative estimate of drug-likeness (QED) is 0.406. The molecule has 1 saturated heterocycles. The Kier molecular flexibility index (Phi) is 0.955. The molecule has 1 heterocycles. The van der Waals surface area contributed by atoms with Crippen molar-refractivity contribution >= 4 is 20.3 Å². The van der Waals surface area contributed by atoms with Crippen molar-refractivity contribution in [1.29, 1.82) is 0 Å². The first-order valence-corrected chi connectivity index (χ1v) is 3.85. The second-order valence-corrected chi connectivity index (χ2v) is 3.96. The Morgan fingerprint density at radius 2 is 1.75 bits per heavy atom. The van der Waals surface area contributed by atoms with E-state index >= 15 is 0 Å². The Morgan fingerprint density at radius 3 is 1.75 bits per heavy atom. The van der Waals surface area contributed by atoms with Crippen LogP contribution >= 0.6 is 20.3 Å². The van der Waals surface area contributed by atoms with Crippen LogP contribution in [0, 0.1) is 0 Å². The summed E-state index contributed by atoms with van der Waals surface area (Å²) >= 11 is 2.05. The van der Waals surface area contributed by atoms with E-state index in [1.54, 1.807) is 0 Å². The number of hydrogen-bond acceptors (Lipinski definition) is 1. The molecule has 4 heavy (non-hydrogen) atoms. The average Bonchev–Trinajstić information content (AvgIpc) is 0.722. The van der Waals surface area contributed by atoms with Crippen LogP contribution in [0.1, 0.15) is 0 Å². The van der Waals surface area contributed by atoms with Crippen molar-refractivity contribution in [3.05, 3.63) is 0 Å². The Morgan fingerprint density at radius 1 is 1.50 bits per heavy atom. The molecule has 0 radical (unpaired) electrons. The second kappa shape index (κ2) is 1.28. The molecule has 0 aromatic carbocycles. The summed E-state index contributed by atoms with van der Waals surface area (Å²) in [7, 11) is 1.28. The summed E-state index contributed by atoms with van der Waals surface area (Å²) in [5.41, 5.74) is 2.89. The van der Waals surface area contributed by atoms with Gasteiger partial charge in [0, 0.05) is 11.0 Å². The molecule has 0 amide bonds. The van der Waals surface area contributed by atoms with Gasteiger partial charge in [-0.25, -0.2) is 0 Å². The van der Waals surface area contributed by atoms with Gasteiger partial charge in [-0.2, -0.15) is 11.8 Å². The monoisotopic (exact) mass is 92.0 g/mol. The normalized spacial score (nSPS) is 24.0. The van der Waals surface area contributed by atoms with Gasteiger partial charge in [-0.1, -0.05) is 0 Å². The first-order valence-electron chi connectivity index (χ1n) is 1.28. The van der Waals surface area contributed by atoms with Gasteiger partial charge in [-0.15, -0.1) is 8.58 Å². The van der Waals surface area contributed by atoms with Gasteiger partial charge in [0.2, 0.25) is 0 Å². The molecule has 1 aliphatic heterocycles. The maximum atomic E-state index is 2.05. The summed E-state index contributed by atoms with van der Waals surface area (Å²) in [6.45, 7) is 0. The van der Waals surface area contributed by atoms with Gasteiger partial charge in [-0.3, -0.25) is 0 Å². The van der Waals surface area contributed by atoms with E-state index in [4.69, 9.17) is 0 Å². The highest BCUT2D eigenvalue weighted by Crippen LogP contribution is 2.34. The maximum absolute atomic E-state index is 2.05. The third-order valence-corrected chi connectivity index (χ3v) is 3.67. The zero-order chi connectivity index (χ0) is 2.83. The molecular weight excluding hydrogens is 87.1 g/mol. The predicted molar refractivity (Wildman–Crippen MR) is 25.6 cm³/mol. The van der Waals surface area contributed by atoms with E-state index in [0.717, 1.165) is 0 Å². The molecule has 0 nitrogen and oxygen atoms in total. The highest BCUT2D eigenvalue weighted by Gasteiger charge is 1.94. The van der Waals surface area contributed by atoms with Crippen LogP contribution in [0.5, 0.6) is 0 Å². The van der Waals surface area contributed by atoms with Gasteiger partial charge >= 0.3 is 0 Å². The average molecular weight is 92.1 g/mol. The van der Waals surface area contributed by atoms with E-state index in [0.29, 0.717) is 0 Å². The maximum Gasteiger partial charge on any atom is 0.0119 e. The van der Waals surface area contributed by atoms with Crippen LogP contribution in [0.25, 0.3) is 0 Å². The van der Waals surface area contributed by atoms with Crippen molar-refractivity contribution < 1.29 is 0 Å². The number of hydrogen-bond donors (Lipinski definition) is 0. The molecule has 0 aromatic rings. The molecule has 0 aromatic heterocycles. The van der Waals surface area contributed by atoms with Crippen LogP contribution in [-0.2, 0) is 0 Å². The lowest BCUT2D eigenvalue weighted by Crippen LogP contribution is -1.78. The van der Waals surface area contributed by atoms with Crippen molar-refractivity contribution in [3.8, 4) is 0 Å². The molecule has 1 fully saturated rings. The van der Waals surface area contributed by atoms with Gasteiger partial charge in [0.25, 0.3) is 0 Å². The zero-order valence-corrected chi connectivity index (χ0v) is 4.14. The molecule has 24 valence electrons. The van der Waals surface area contributed by atoms with Gasteiger partial charge in [-0.05, 0) is 0 Å². The molecule has 0 saturated carbocycles. The fraction of sp³-hybridized carbons (Fsp3) is 1.00. The molecule has 1 rings (SSSR count). The van der Waals surface area contributed by atoms with Crippen LogP contribution in [0.2, 0.25) is 0 Å². The van der Waals surface area contributed by atoms with Crippen LogP contribution in [0.4, 0.5) is 0 Å². The number of rotatable bonds is 0. The molecule has 0 N–H and O–H groups in total. The fourth-order valence-electron chi connectivity index (χ4n) is 0.102. The van der Waals surface area contributed by atoms with Gasteiger partial charge in [0.15, 0.2) is 0 Å². The van der Waals surface area contributed by atoms with Crippen LogP contribution in [0.15, 0.2) is 0 Å². The molecule has 0 unspecified atom stereocenters. The summed E-state index contributed by atoms with van der Waals surface area (Å²) in [5.74, 6) is 0. The summed E-state index contributed by atoms with van der Waals surface area (Å²) < 4.78 is 0. The molecular formula is C2H5PS. The highest BCUT2D eigenvalue weighted by atomic mass is 32.2. The second-order valence-electron chi connectivity index (χ2n) is 0.743. The van der Waals surface area contributed by atoms with E-state index in [2.05, 4.69) is 0 Å². The smallest absolute Gasteiger partial charge is 0.0119 e. The Hall–Kier alpha value is 0.780. The van der Waals surface area contributed by atoms with Gasteiger partial charge in [0.1, 0.15) is 0 Å². The molecule has 2 heteroatoms. The van der Waals surface area contributed by atoms with Crippen LogP contribution in [-0.4, -0.2) is 11.0 Å². The molecule has 0 bridgehead atoms. The Labute approximate surface area is 32.1 Å². The third-order valence-electron chi connectivity index (χ3n) is 0.408. The van der Waals surface area contributed by atoms with Crippen LogP contribution < -0.4 is 0 Å². The minimum atomic E-state index is 1.28. The Balaban J connectivity index is 2.00. The lowest BCUT2D eigenvalue weighted by Gasteiger charge is -2.06. The van der Waals surface area contributed by atoms with Gasteiger partial charge < -0.3 is 0 Å². The van der Waals surface area contributed by atoms with Crippen molar-refractivity contribution in [2.24, 2.45) is 0 Å². The SMILES string of the molecule is C1PCS1. The van der Waals surface area contributed by atoms with E-state index < -0.39 is 0 Å². The lowest BCUT2D eigenvalue weighted by atomic mass is 11.8. The summed E-state index contributed by atoms with van der Waals surface area (Å²) in [5, 5.41) is 0. The van der Waals surface area contributed by atoms with E-state index in [1.165, 1.54) is 19.6 Å². The molecule has 1 aliphatic rings. The van der Waals surface area contributed by atoms with Crippen molar-refractivity contribution in [2.45, 2.75) is 0 Å². The Bertz CT molecular complexity index is 14.0. The first kappa shape index (κ1) is 2.99. The van der Waals surface area contributed by atoms with E-state index in [-0.39, 0.29) is 0 Å². The number of thioether (sulfide) groups is 1. The van der Waals surface area contributed by atoms with Gasteiger partial charge in [0.05, 0.1) is 0 Å². The fourth-order valence-corrected chi connectivity index (χ4v) is 0.919. The largest absolute Gasteiger partial charge is 0.153 e. The van der Waals surface area contributed by atoms with Crippen molar-refractivity contribution in [1.82, 2.24) is 0 Å². The molecule has 0 spiro atoms. The molecule has 0 aliphatic carbocycles. The summed E-state index contributed by atoms with van der Waals surface area (Å²) in [4.78, 5) is 0. The predicted octanol–water partition coefficient (Wildman–Crippen LogP) is 1.33. The summed E-state index contributed by atoms with van der Waals surface area (Å²) in [6.07, 6.45) is 0. The minimum Gasteiger partial charge on any atom is -0.153 e. The zero-order valence-electron chi connectivity index (χ0n) is 2.32. The topological polar surface area (TPSA) is 0 Å². The summed E-state index contributed by atoms with van der Waals surface area (Å²) in [6, 6.07) is 0. The third kappa shape index (κ3) is 0.386. The van der Waals surface area contributed by atoms with Crippen LogP contribution in [0.3, 0.4) is 0 Å². The standard InChI is InChI=1S/C2H5PS/c1-3-2-4-1/h3H,1-2H2. The first-order chi connectivity index (χ1) is 2.00. The van der Waals surface area contributed by atoms with E-state index in [1.807, 2.05) is 11.8 Å². The lowest BCUT2D eigenvalue weighted by molar-refractivity contribution is 1.99. The van der Waals surface area contributed by atoms with Crippen molar-refractivity contribution in [2.75, 3.05) is 11.0 Å².